The Morgan fingerprint density at radius 3 is 2.38 bits per heavy atom. The highest BCUT2D eigenvalue weighted by molar-refractivity contribution is 14.2. The number of ether oxygens (including phenoxy) is 1. The van der Waals surface area contributed by atoms with Crippen LogP contribution in [0.4, 0.5) is 29.3 Å². The van der Waals surface area contributed by atoms with Crippen molar-refractivity contribution in [3.63, 3.8) is 0 Å². The molecule has 3 amide bonds. The molecule has 0 aliphatic carbocycles. The number of anilines is 2. The number of carbonyl (C=O) groups excluding carboxylic acids is 2. The Balaban J connectivity index is 1.61. The van der Waals surface area contributed by atoms with Crippen LogP contribution in [-0.2, 0) is 11.0 Å². The van der Waals surface area contributed by atoms with Crippen LogP contribution < -0.4 is 20.7 Å². The van der Waals surface area contributed by atoms with Crippen LogP contribution in [0.25, 0.3) is 0 Å². The van der Waals surface area contributed by atoms with Crippen molar-refractivity contribution in [3.05, 3.63) is 64.8 Å². The number of aliphatic imine (C=N–C) groups is 1. The Morgan fingerprint density at radius 2 is 1.72 bits per heavy atom. The number of amides is 3. The van der Waals surface area contributed by atoms with E-state index in [0.717, 1.165) is 12.1 Å². The predicted molar refractivity (Wildman–Crippen MR) is 126 cm³/mol. The summed E-state index contributed by atoms with van der Waals surface area (Å²) in [5.74, 6) is 0.167. The van der Waals surface area contributed by atoms with Crippen LogP contribution in [0.5, 0.6) is 5.75 Å². The van der Waals surface area contributed by atoms with E-state index in [0.29, 0.717) is 15.1 Å². The molecule has 0 spiro atoms. The fourth-order valence-corrected chi connectivity index (χ4v) is 4.23. The predicted octanol–water partition coefficient (Wildman–Crippen LogP) is 5.15. The molecule has 3 N–H and O–H groups in total. The quantitative estimate of drug-likeness (QED) is 0.429. The van der Waals surface area contributed by atoms with Crippen LogP contribution >= 0.6 is 32.3 Å². The number of rotatable bonds is 5. The van der Waals surface area contributed by atoms with E-state index >= 15 is 0 Å². The molecule has 32 heavy (non-hydrogen) atoms. The van der Waals surface area contributed by atoms with Crippen molar-refractivity contribution in [3.8, 4) is 5.75 Å². The van der Waals surface area contributed by atoms with Crippen molar-refractivity contribution in [2.45, 2.75) is 6.18 Å². The molecule has 1 aliphatic rings. The number of hydrogen-bond acceptors (Lipinski definition) is 4. The summed E-state index contributed by atoms with van der Waals surface area (Å²) in [7, 11) is 1.51. The first kappa shape index (κ1) is 23.7. The van der Waals surface area contributed by atoms with E-state index < -0.39 is 43.5 Å². The fourth-order valence-electron chi connectivity index (χ4n) is 2.44. The van der Waals surface area contributed by atoms with Crippen molar-refractivity contribution >= 4 is 63.6 Å². The van der Waals surface area contributed by atoms with Gasteiger partial charge in [-0.1, -0.05) is 11.6 Å². The fraction of sp³-hybridized carbons (Fsp3) is 0.100. The summed E-state index contributed by atoms with van der Waals surface area (Å²) in [5.41, 5.74) is -0.456. The SMILES string of the molecule is CNC(=O)C1=CC(Oc2ccc(NC(=O)Nc3ccc(Cl)c(C(F)(F)F)c3)cc2)=IC=N1. The molecular weight excluding hydrogens is 564 g/mol. The zero-order valence-electron chi connectivity index (χ0n) is 16.3. The molecule has 1 heterocycles. The molecule has 0 radical (unpaired) electrons. The van der Waals surface area contributed by atoms with E-state index in [2.05, 4.69) is 20.9 Å². The maximum absolute atomic E-state index is 12.9. The van der Waals surface area contributed by atoms with E-state index in [4.69, 9.17) is 16.3 Å². The average Bonchev–Trinajstić information content (AvgIpc) is 2.75. The summed E-state index contributed by atoms with van der Waals surface area (Å²) >= 11 is 4.95. The van der Waals surface area contributed by atoms with Gasteiger partial charge in [0.2, 0.25) is 0 Å². The first-order valence-corrected chi connectivity index (χ1v) is 11.6. The van der Waals surface area contributed by atoms with Crippen LogP contribution in [0.2, 0.25) is 5.02 Å². The number of nitrogens with one attached hydrogen (secondary N) is 3. The molecule has 168 valence electrons. The third kappa shape index (κ3) is 6.29. The van der Waals surface area contributed by atoms with Crippen molar-refractivity contribution in [2.75, 3.05) is 17.7 Å². The Hall–Kier alpha value is -2.93. The molecule has 7 nitrogen and oxygen atoms in total. The van der Waals surface area contributed by atoms with Gasteiger partial charge in [-0.15, -0.1) is 0 Å². The smallest absolute Gasteiger partial charge is 0.417 e. The molecule has 1 aliphatic heterocycles. The molecule has 0 saturated carbocycles. The van der Waals surface area contributed by atoms with Gasteiger partial charge in [0.25, 0.3) is 5.91 Å². The van der Waals surface area contributed by atoms with Gasteiger partial charge in [-0.25, -0.2) is 9.79 Å². The average molecular weight is 579 g/mol. The van der Waals surface area contributed by atoms with Crippen molar-refractivity contribution in [2.24, 2.45) is 4.99 Å². The Morgan fingerprint density at radius 1 is 1.06 bits per heavy atom. The standard InChI is InChI=1S/C20H15ClF3IN4O3/c1-26-18(30)16-9-17(25-10-27-16)32-13-5-2-11(3-6-13)28-19(31)29-12-4-7-15(21)14(8-12)20(22,23)24/h2-10H,1H3,(H,26,30)(H2,28,29,31). The Labute approximate surface area is 195 Å². The van der Waals surface area contributed by atoms with Crippen LogP contribution in [0.1, 0.15) is 5.56 Å². The minimum atomic E-state index is -4.64. The van der Waals surface area contributed by atoms with E-state index in [1.54, 1.807) is 34.6 Å². The van der Waals surface area contributed by atoms with Gasteiger partial charge in [0.1, 0.15) is 11.4 Å². The minimum absolute atomic E-state index is 0.0582. The highest BCUT2D eigenvalue weighted by Gasteiger charge is 2.33. The minimum Gasteiger partial charge on any atom is -0.451 e. The largest absolute Gasteiger partial charge is 0.451 e. The molecule has 0 aromatic heterocycles. The van der Waals surface area contributed by atoms with Gasteiger partial charge in [-0.3, -0.25) is 4.79 Å². The van der Waals surface area contributed by atoms with Crippen LogP contribution in [0, 0.1) is 0 Å². The zero-order valence-corrected chi connectivity index (χ0v) is 19.2. The van der Waals surface area contributed by atoms with Gasteiger partial charge in [-0.2, -0.15) is 13.2 Å². The normalized spacial score (nSPS) is 13.3. The van der Waals surface area contributed by atoms with Crippen LogP contribution in [0.3, 0.4) is 0 Å². The highest BCUT2D eigenvalue weighted by Crippen LogP contribution is 2.36. The van der Waals surface area contributed by atoms with E-state index in [9.17, 15) is 22.8 Å². The number of likely N-dealkylation sites (N-methyl/N-ethyl adjacent to an activating group) is 1. The van der Waals surface area contributed by atoms with Crippen molar-refractivity contribution in [1.29, 1.82) is 0 Å². The summed E-state index contributed by atoms with van der Waals surface area (Å²) in [6.07, 6.45) is -3.06. The van der Waals surface area contributed by atoms with Gasteiger partial charge in [0.15, 0.2) is 3.69 Å². The molecule has 3 rings (SSSR count). The molecule has 0 unspecified atom stereocenters. The van der Waals surface area contributed by atoms with Gasteiger partial charge < -0.3 is 20.7 Å². The summed E-state index contributed by atoms with van der Waals surface area (Å²) in [5, 5.41) is 6.88. The second-order valence-electron chi connectivity index (χ2n) is 6.15. The maximum atomic E-state index is 12.9. The number of nitrogens with zero attached hydrogens (tertiary/aromatic N) is 1. The zero-order chi connectivity index (χ0) is 23.3. The maximum Gasteiger partial charge on any atom is 0.417 e. The third-order valence-corrected chi connectivity index (χ3v) is 5.94. The lowest BCUT2D eigenvalue weighted by molar-refractivity contribution is -0.137. The lowest BCUT2D eigenvalue weighted by Crippen LogP contribution is -2.21. The van der Waals surface area contributed by atoms with E-state index in [1.165, 1.54) is 13.1 Å². The Kier molecular flexibility index (Phi) is 7.51. The molecular formula is C20H15ClF3IN4O3. The van der Waals surface area contributed by atoms with Gasteiger partial charge in [0.05, 0.1) is 14.8 Å². The summed E-state index contributed by atoms with van der Waals surface area (Å²) in [4.78, 5) is 27.8. The second-order valence-corrected chi connectivity index (χ2v) is 8.80. The first-order valence-electron chi connectivity index (χ1n) is 8.85. The monoisotopic (exact) mass is 578 g/mol. The van der Waals surface area contributed by atoms with Gasteiger partial charge >= 0.3 is 12.2 Å². The lowest BCUT2D eigenvalue weighted by atomic mass is 10.2. The number of hydrogen-bond donors (Lipinski definition) is 3. The lowest BCUT2D eigenvalue weighted by Gasteiger charge is -2.13. The van der Waals surface area contributed by atoms with E-state index in [-0.39, 0.29) is 17.3 Å². The molecule has 0 saturated heterocycles. The number of benzene rings is 2. The Bertz CT molecular complexity index is 1130. The van der Waals surface area contributed by atoms with Gasteiger partial charge in [-0.05, 0) is 63.2 Å². The second kappa shape index (κ2) is 10.1. The number of halogens is 5. The highest BCUT2D eigenvalue weighted by atomic mass is 127. The molecule has 0 fully saturated rings. The number of alkyl halides is 3. The van der Waals surface area contributed by atoms with Crippen LogP contribution in [0.15, 0.2) is 59.2 Å². The first-order chi connectivity index (χ1) is 15.2. The molecule has 2 aromatic carbocycles. The van der Waals surface area contributed by atoms with E-state index in [1.807, 2.05) is 0 Å². The summed E-state index contributed by atoms with van der Waals surface area (Å²) in [6.45, 7) is 0. The van der Waals surface area contributed by atoms with Crippen molar-refractivity contribution in [1.82, 2.24) is 5.32 Å². The van der Waals surface area contributed by atoms with Gasteiger partial charge in [0, 0.05) is 24.5 Å². The van der Waals surface area contributed by atoms with Crippen LogP contribution in [-0.4, -0.2) is 26.9 Å². The number of urea groups is 1. The summed E-state index contributed by atoms with van der Waals surface area (Å²) in [6, 6.07) is 8.71. The molecule has 0 bridgehead atoms. The topological polar surface area (TPSA) is 91.8 Å². The van der Waals surface area contributed by atoms with Crippen molar-refractivity contribution < 1.29 is 27.5 Å². The third-order valence-electron chi connectivity index (χ3n) is 3.91. The molecule has 0 atom stereocenters. The molecule has 12 heteroatoms. The summed E-state index contributed by atoms with van der Waals surface area (Å²) < 4.78 is 46.9. The molecule has 2 aromatic rings. The number of carbonyl (C=O) groups is 2.